The smallest absolute Gasteiger partial charge is 0.341 e. The van der Waals surface area contributed by atoms with Gasteiger partial charge in [0, 0.05) is 10.6 Å². The molecule has 1 saturated carbocycles. The van der Waals surface area contributed by atoms with Crippen LogP contribution in [-0.2, 0) is 19.1 Å². The van der Waals surface area contributed by atoms with Crippen LogP contribution < -0.4 is 9.47 Å². The third kappa shape index (κ3) is 3.80. The molecule has 1 fully saturated rings. The quantitative estimate of drug-likeness (QED) is 0.688. The molecule has 0 bridgehead atoms. The summed E-state index contributed by atoms with van der Waals surface area (Å²) in [5.74, 6) is -0.599. The molecule has 7 nitrogen and oxygen atoms in total. The number of aryl methyl sites for hydroxylation is 1. The second-order valence-corrected chi connectivity index (χ2v) is 9.10. The first-order valence-electron chi connectivity index (χ1n) is 9.10. The highest BCUT2D eigenvalue weighted by Crippen LogP contribution is 2.52. The number of fused-ring (bicyclic) bond motifs is 3. The number of para-hydroxylation sites is 1. The highest BCUT2D eigenvalue weighted by molar-refractivity contribution is 7.86. The van der Waals surface area contributed by atoms with Crippen LogP contribution in [0.15, 0.2) is 41.3 Å². The lowest BCUT2D eigenvalue weighted by molar-refractivity contribution is -0.139. The lowest BCUT2D eigenvalue weighted by Crippen LogP contribution is -2.24. The molecule has 0 radical (unpaired) electrons. The molecule has 2 aliphatic rings. The van der Waals surface area contributed by atoms with E-state index in [0.717, 1.165) is 11.1 Å². The Labute approximate surface area is 173 Å². The number of rotatable bonds is 6. The fourth-order valence-corrected chi connectivity index (χ4v) is 5.24. The van der Waals surface area contributed by atoms with Crippen LogP contribution >= 0.6 is 11.6 Å². The molecule has 0 amide bonds. The van der Waals surface area contributed by atoms with Crippen molar-refractivity contribution in [2.75, 3.05) is 6.61 Å². The SMILES string of the molecule is Cc1ccc(S(=O)(=O)OC2CCC3Oc4c(OCC(=O)O)cccc4C32)cc1Cl. The Morgan fingerprint density at radius 1 is 1.28 bits per heavy atom. The Bertz CT molecular complexity index is 1070. The molecule has 154 valence electrons. The van der Waals surface area contributed by atoms with Crippen molar-refractivity contribution >= 4 is 27.7 Å². The number of hydrogen-bond acceptors (Lipinski definition) is 6. The number of carboxylic acids is 1. The fraction of sp³-hybridized carbons (Fsp3) is 0.350. The van der Waals surface area contributed by atoms with Crippen molar-refractivity contribution in [3.63, 3.8) is 0 Å². The van der Waals surface area contributed by atoms with E-state index in [0.29, 0.717) is 29.4 Å². The van der Waals surface area contributed by atoms with Gasteiger partial charge in [-0.2, -0.15) is 8.42 Å². The number of benzene rings is 2. The molecule has 9 heteroatoms. The van der Waals surface area contributed by atoms with E-state index >= 15 is 0 Å². The minimum Gasteiger partial charge on any atom is -0.485 e. The fourth-order valence-electron chi connectivity index (χ4n) is 3.84. The van der Waals surface area contributed by atoms with E-state index in [9.17, 15) is 13.2 Å². The van der Waals surface area contributed by atoms with E-state index in [4.69, 9.17) is 30.4 Å². The standard InChI is InChI=1S/C20H19ClO7S/c1-11-5-6-12(9-14(11)21)29(24,25)28-16-8-7-15-19(16)13-3-2-4-17(20(13)27-15)26-10-18(22)23/h2-6,9,15-16,19H,7-8,10H2,1H3,(H,22,23). The molecule has 0 aromatic heterocycles. The average molecular weight is 439 g/mol. The maximum Gasteiger partial charge on any atom is 0.341 e. The van der Waals surface area contributed by atoms with Crippen LogP contribution in [-0.4, -0.2) is 38.3 Å². The van der Waals surface area contributed by atoms with Crippen LogP contribution in [0.3, 0.4) is 0 Å². The van der Waals surface area contributed by atoms with E-state index in [1.54, 1.807) is 25.1 Å². The minimum absolute atomic E-state index is 0.00855. The van der Waals surface area contributed by atoms with Crippen LogP contribution in [0, 0.1) is 6.92 Å². The number of aliphatic carboxylic acids is 1. The van der Waals surface area contributed by atoms with Gasteiger partial charge in [-0.25, -0.2) is 4.79 Å². The maximum atomic E-state index is 12.8. The predicted octanol–water partition coefficient (Wildman–Crippen LogP) is 3.52. The first-order chi connectivity index (χ1) is 13.8. The molecule has 1 aliphatic heterocycles. The van der Waals surface area contributed by atoms with Crippen LogP contribution in [0.2, 0.25) is 5.02 Å². The summed E-state index contributed by atoms with van der Waals surface area (Å²) in [5, 5.41) is 9.19. The van der Waals surface area contributed by atoms with Gasteiger partial charge in [0.15, 0.2) is 18.1 Å². The number of halogens is 1. The molecule has 1 N–H and O–H groups in total. The molecule has 2 aromatic rings. The van der Waals surface area contributed by atoms with Gasteiger partial charge in [0.2, 0.25) is 0 Å². The molecule has 1 heterocycles. The zero-order valence-electron chi connectivity index (χ0n) is 15.5. The summed E-state index contributed by atoms with van der Waals surface area (Å²) in [7, 11) is -4.00. The summed E-state index contributed by atoms with van der Waals surface area (Å²) < 4.78 is 42.4. The molecular formula is C20H19ClO7S. The monoisotopic (exact) mass is 438 g/mol. The Morgan fingerprint density at radius 3 is 2.79 bits per heavy atom. The number of carbonyl (C=O) groups is 1. The van der Waals surface area contributed by atoms with E-state index in [2.05, 4.69) is 0 Å². The summed E-state index contributed by atoms with van der Waals surface area (Å²) in [4.78, 5) is 10.8. The number of hydrogen-bond donors (Lipinski definition) is 1. The molecule has 1 aliphatic carbocycles. The summed E-state index contributed by atoms with van der Waals surface area (Å²) in [6, 6.07) is 9.67. The van der Waals surface area contributed by atoms with Gasteiger partial charge in [-0.15, -0.1) is 0 Å². The van der Waals surface area contributed by atoms with Gasteiger partial charge < -0.3 is 14.6 Å². The van der Waals surface area contributed by atoms with Crippen molar-refractivity contribution in [3.8, 4) is 11.5 Å². The molecule has 4 rings (SSSR count). The van der Waals surface area contributed by atoms with Crippen molar-refractivity contribution in [1.82, 2.24) is 0 Å². The van der Waals surface area contributed by atoms with Crippen LogP contribution in [0.4, 0.5) is 0 Å². The van der Waals surface area contributed by atoms with Crippen molar-refractivity contribution in [2.45, 2.75) is 42.8 Å². The van der Waals surface area contributed by atoms with Gasteiger partial charge in [-0.1, -0.05) is 29.8 Å². The molecule has 3 atom stereocenters. The molecule has 3 unspecified atom stereocenters. The van der Waals surface area contributed by atoms with Gasteiger partial charge in [0.25, 0.3) is 10.1 Å². The predicted molar refractivity (Wildman–Crippen MR) is 104 cm³/mol. The third-order valence-corrected chi connectivity index (χ3v) is 6.95. The summed E-state index contributed by atoms with van der Waals surface area (Å²) in [6.07, 6.45) is 0.294. The lowest BCUT2D eigenvalue weighted by atomic mass is 9.95. The van der Waals surface area contributed by atoms with E-state index < -0.39 is 28.8 Å². The average Bonchev–Trinajstić information content (AvgIpc) is 3.22. The van der Waals surface area contributed by atoms with Gasteiger partial charge in [0.1, 0.15) is 6.10 Å². The third-order valence-electron chi connectivity index (χ3n) is 5.21. The minimum atomic E-state index is -4.00. The topological polar surface area (TPSA) is 99.1 Å². The number of carboxylic acid groups (broad SMARTS) is 1. The second-order valence-electron chi connectivity index (χ2n) is 7.12. The van der Waals surface area contributed by atoms with E-state index in [-0.39, 0.29) is 16.9 Å². The largest absolute Gasteiger partial charge is 0.485 e. The van der Waals surface area contributed by atoms with Crippen molar-refractivity contribution in [3.05, 3.63) is 52.5 Å². The zero-order valence-corrected chi connectivity index (χ0v) is 17.1. The Balaban J connectivity index is 1.59. The van der Waals surface area contributed by atoms with Gasteiger partial charge >= 0.3 is 5.97 Å². The molecule has 29 heavy (non-hydrogen) atoms. The number of ether oxygens (including phenoxy) is 2. The molecule has 0 saturated heterocycles. The Kier molecular flexibility index (Phi) is 5.18. The Morgan fingerprint density at radius 2 is 2.07 bits per heavy atom. The second kappa shape index (κ2) is 7.51. The van der Waals surface area contributed by atoms with Crippen molar-refractivity contribution in [1.29, 1.82) is 0 Å². The molecule has 2 aromatic carbocycles. The first kappa shape index (κ1) is 20.0. The zero-order chi connectivity index (χ0) is 20.8. The van der Waals surface area contributed by atoms with Crippen LogP contribution in [0.1, 0.15) is 29.9 Å². The van der Waals surface area contributed by atoms with E-state index in [1.165, 1.54) is 12.1 Å². The van der Waals surface area contributed by atoms with Gasteiger partial charge in [0.05, 0.1) is 16.9 Å². The van der Waals surface area contributed by atoms with Crippen molar-refractivity contribution < 1.29 is 32.0 Å². The van der Waals surface area contributed by atoms with Crippen molar-refractivity contribution in [2.24, 2.45) is 0 Å². The maximum absolute atomic E-state index is 12.8. The molecular weight excluding hydrogens is 420 g/mol. The first-order valence-corrected chi connectivity index (χ1v) is 10.9. The summed E-state index contributed by atoms with van der Waals surface area (Å²) >= 11 is 6.07. The summed E-state index contributed by atoms with van der Waals surface area (Å²) in [6.45, 7) is 1.30. The highest BCUT2D eigenvalue weighted by atomic mass is 35.5. The lowest BCUT2D eigenvalue weighted by Gasteiger charge is -2.18. The van der Waals surface area contributed by atoms with Gasteiger partial charge in [-0.3, -0.25) is 4.18 Å². The van der Waals surface area contributed by atoms with Gasteiger partial charge in [-0.05, 0) is 43.5 Å². The van der Waals surface area contributed by atoms with E-state index in [1.807, 2.05) is 6.07 Å². The summed E-state index contributed by atoms with van der Waals surface area (Å²) in [5.41, 5.74) is 1.54. The normalized spacial score (nSPS) is 22.6. The Hall–Kier alpha value is -2.29. The van der Waals surface area contributed by atoms with Crippen LogP contribution in [0.25, 0.3) is 0 Å². The molecule has 0 spiro atoms. The highest BCUT2D eigenvalue weighted by Gasteiger charge is 2.48. The van der Waals surface area contributed by atoms with Crippen LogP contribution in [0.5, 0.6) is 11.5 Å².